The Bertz CT molecular complexity index is 670. The summed E-state index contributed by atoms with van der Waals surface area (Å²) in [5.74, 6) is 0.473. The van der Waals surface area contributed by atoms with E-state index in [1.165, 1.54) is 0 Å². The molecule has 2 aliphatic heterocycles. The van der Waals surface area contributed by atoms with Crippen molar-refractivity contribution in [2.75, 3.05) is 20.5 Å². The normalized spacial score (nSPS) is 31.2. The van der Waals surface area contributed by atoms with E-state index in [4.69, 9.17) is 23.7 Å². The fourth-order valence-electron chi connectivity index (χ4n) is 3.68. The highest BCUT2D eigenvalue weighted by Crippen LogP contribution is 2.54. The van der Waals surface area contributed by atoms with Crippen LogP contribution in [0.5, 0.6) is 11.5 Å². The Morgan fingerprint density at radius 2 is 2.09 bits per heavy atom. The van der Waals surface area contributed by atoms with E-state index in [0.717, 1.165) is 5.56 Å². The summed E-state index contributed by atoms with van der Waals surface area (Å²) in [5, 5.41) is 0. The quantitative estimate of drug-likeness (QED) is 0.478. The fourth-order valence-corrected chi connectivity index (χ4v) is 3.68. The van der Waals surface area contributed by atoms with Gasteiger partial charge in [0, 0.05) is 25.0 Å². The van der Waals surface area contributed by atoms with Gasteiger partial charge in [-0.05, 0) is 24.6 Å². The number of ether oxygens (including phenoxy) is 5. The van der Waals surface area contributed by atoms with Gasteiger partial charge in [-0.25, -0.2) is 4.79 Å². The predicted molar refractivity (Wildman–Crippen MR) is 75.2 cm³/mol. The summed E-state index contributed by atoms with van der Waals surface area (Å²) in [4.78, 5) is 23.6. The Balaban J connectivity index is 1.66. The van der Waals surface area contributed by atoms with Crippen LogP contribution in [0.2, 0.25) is 0 Å². The SMILES string of the molecule is COCOc1ccc2c(c1)[C@H]1C[C@@]3(COC(=O)O3)CC1C(=O)O2. The van der Waals surface area contributed by atoms with E-state index in [2.05, 4.69) is 0 Å². The van der Waals surface area contributed by atoms with Gasteiger partial charge in [-0.15, -0.1) is 0 Å². The molecule has 2 fully saturated rings. The maximum Gasteiger partial charge on any atom is 0.509 e. The van der Waals surface area contributed by atoms with E-state index in [9.17, 15) is 9.59 Å². The second-order valence-corrected chi connectivity index (χ2v) is 6.12. The number of hydrogen-bond acceptors (Lipinski definition) is 7. The molecule has 1 saturated carbocycles. The molecule has 0 bridgehead atoms. The first-order chi connectivity index (χ1) is 11.1. The zero-order chi connectivity index (χ0) is 16.0. The molecule has 7 heteroatoms. The lowest BCUT2D eigenvalue weighted by Gasteiger charge is -2.26. The summed E-state index contributed by atoms with van der Waals surface area (Å²) in [5.41, 5.74) is 0.166. The summed E-state index contributed by atoms with van der Waals surface area (Å²) in [6, 6.07) is 5.31. The lowest BCUT2D eigenvalue weighted by molar-refractivity contribution is -0.141. The Morgan fingerprint density at radius 1 is 1.26 bits per heavy atom. The molecular formula is C16H16O7. The van der Waals surface area contributed by atoms with Crippen LogP contribution < -0.4 is 9.47 Å². The van der Waals surface area contributed by atoms with Crippen LogP contribution in [0.3, 0.4) is 0 Å². The Morgan fingerprint density at radius 3 is 2.83 bits per heavy atom. The van der Waals surface area contributed by atoms with Gasteiger partial charge in [0.05, 0.1) is 5.92 Å². The topological polar surface area (TPSA) is 80.3 Å². The van der Waals surface area contributed by atoms with Crippen molar-refractivity contribution in [3.05, 3.63) is 23.8 Å². The minimum atomic E-state index is -0.726. The predicted octanol–water partition coefficient (Wildman–Crippen LogP) is 1.99. The largest absolute Gasteiger partial charge is 0.509 e. The number of fused-ring (bicyclic) bond motifs is 3. The summed E-state index contributed by atoms with van der Waals surface area (Å²) in [7, 11) is 1.55. The summed E-state index contributed by atoms with van der Waals surface area (Å²) in [6.45, 7) is 0.323. The van der Waals surface area contributed by atoms with Crippen LogP contribution in [0.15, 0.2) is 18.2 Å². The highest BCUT2D eigenvalue weighted by molar-refractivity contribution is 5.80. The smallest absolute Gasteiger partial charge is 0.468 e. The second-order valence-electron chi connectivity index (χ2n) is 6.12. The molecule has 3 atom stereocenters. The number of esters is 1. The molecule has 1 saturated heterocycles. The third kappa shape index (κ3) is 2.31. The molecule has 122 valence electrons. The molecule has 0 radical (unpaired) electrons. The van der Waals surface area contributed by atoms with Crippen molar-refractivity contribution in [3.8, 4) is 11.5 Å². The summed E-state index contributed by atoms with van der Waals surface area (Å²) < 4.78 is 26.1. The molecule has 23 heavy (non-hydrogen) atoms. The second kappa shape index (κ2) is 5.13. The van der Waals surface area contributed by atoms with Crippen LogP contribution in [-0.4, -0.2) is 38.2 Å². The monoisotopic (exact) mass is 320 g/mol. The molecule has 1 aromatic carbocycles. The minimum absolute atomic E-state index is 0.0770. The first-order valence-electron chi connectivity index (χ1n) is 7.43. The highest BCUT2D eigenvalue weighted by atomic mass is 16.8. The molecule has 1 unspecified atom stereocenters. The van der Waals surface area contributed by atoms with Crippen molar-refractivity contribution in [2.24, 2.45) is 5.92 Å². The Labute approximate surface area is 132 Å². The van der Waals surface area contributed by atoms with E-state index in [1.807, 2.05) is 6.07 Å². The van der Waals surface area contributed by atoms with Crippen molar-refractivity contribution in [2.45, 2.75) is 24.4 Å². The van der Waals surface area contributed by atoms with Gasteiger partial charge in [0.2, 0.25) is 0 Å². The molecular weight excluding hydrogens is 304 g/mol. The number of rotatable bonds is 3. The molecule has 1 aliphatic carbocycles. The average molecular weight is 320 g/mol. The van der Waals surface area contributed by atoms with E-state index in [-0.39, 0.29) is 31.2 Å². The standard InChI is InChI=1S/C16H16O7/c1-19-8-21-9-2-3-13-10(4-9)11-5-16(7-20-15(18)23-16)6-12(11)14(17)22-13/h2-4,11-12H,5-8H2,1H3/t11-,12?,16+/m1/s1. The summed E-state index contributed by atoms with van der Waals surface area (Å²) in [6.07, 6.45) is 0.291. The Hall–Kier alpha value is -2.28. The van der Waals surface area contributed by atoms with E-state index in [0.29, 0.717) is 24.3 Å². The van der Waals surface area contributed by atoms with Gasteiger partial charge in [0.15, 0.2) is 12.4 Å². The van der Waals surface area contributed by atoms with E-state index < -0.39 is 11.8 Å². The lowest BCUT2D eigenvalue weighted by atomic mass is 9.86. The number of hydrogen-bond donors (Lipinski definition) is 0. The van der Waals surface area contributed by atoms with Crippen molar-refractivity contribution < 1.29 is 33.3 Å². The number of benzene rings is 1. The molecule has 1 spiro atoms. The van der Waals surface area contributed by atoms with Crippen LogP contribution in [0.1, 0.15) is 24.3 Å². The minimum Gasteiger partial charge on any atom is -0.468 e. The molecule has 7 nitrogen and oxygen atoms in total. The number of cyclic esters (lactones) is 1. The van der Waals surface area contributed by atoms with Gasteiger partial charge >= 0.3 is 12.1 Å². The van der Waals surface area contributed by atoms with Gasteiger partial charge < -0.3 is 23.7 Å². The van der Waals surface area contributed by atoms with E-state index >= 15 is 0 Å². The van der Waals surface area contributed by atoms with Crippen molar-refractivity contribution in [1.29, 1.82) is 0 Å². The molecule has 0 N–H and O–H groups in total. The van der Waals surface area contributed by atoms with Crippen molar-refractivity contribution in [3.63, 3.8) is 0 Å². The highest BCUT2D eigenvalue weighted by Gasteiger charge is 2.57. The first kappa shape index (κ1) is 14.3. The lowest BCUT2D eigenvalue weighted by Crippen LogP contribution is -2.30. The zero-order valence-corrected chi connectivity index (χ0v) is 12.6. The van der Waals surface area contributed by atoms with Gasteiger partial charge in [-0.1, -0.05) is 0 Å². The number of carbonyl (C=O) groups is 2. The molecule has 1 aromatic rings. The number of carbonyl (C=O) groups excluding carboxylic acids is 2. The van der Waals surface area contributed by atoms with Crippen molar-refractivity contribution in [1.82, 2.24) is 0 Å². The molecule has 4 rings (SSSR count). The summed E-state index contributed by atoms with van der Waals surface area (Å²) >= 11 is 0. The van der Waals surface area contributed by atoms with Crippen LogP contribution >= 0.6 is 0 Å². The van der Waals surface area contributed by atoms with Crippen LogP contribution in [0.25, 0.3) is 0 Å². The molecule has 2 heterocycles. The maximum atomic E-state index is 12.3. The maximum absolute atomic E-state index is 12.3. The zero-order valence-electron chi connectivity index (χ0n) is 12.6. The van der Waals surface area contributed by atoms with Gasteiger partial charge in [-0.3, -0.25) is 4.79 Å². The Kier molecular flexibility index (Phi) is 3.19. The fraction of sp³-hybridized carbons (Fsp3) is 0.500. The van der Waals surface area contributed by atoms with Crippen LogP contribution in [0, 0.1) is 5.92 Å². The first-order valence-corrected chi connectivity index (χ1v) is 7.43. The van der Waals surface area contributed by atoms with E-state index in [1.54, 1.807) is 19.2 Å². The third-order valence-corrected chi connectivity index (χ3v) is 4.66. The van der Waals surface area contributed by atoms with Crippen LogP contribution in [-0.2, 0) is 19.0 Å². The van der Waals surface area contributed by atoms with Crippen LogP contribution in [0.4, 0.5) is 4.79 Å². The third-order valence-electron chi connectivity index (χ3n) is 4.66. The van der Waals surface area contributed by atoms with Gasteiger partial charge in [0.25, 0.3) is 0 Å². The van der Waals surface area contributed by atoms with Gasteiger partial charge in [0.1, 0.15) is 18.1 Å². The number of methoxy groups -OCH3 is 1. The molecule has 0 aromatic heterocycles. The average Bonchev–Trinajstić information content (AvgIpc) is 3.09. The van der Waals surface area contributed by atoms with Crippen molar-refractivity contribution >= 4 is 12.1 Å². The molecule has 0 amide bonds. The molecule has 3 aliphatic rings. The van der Waals surface area contributed by atoms with Gasteiger partial charge in [-0.2, -0.15) is 0 Å².